The highest BCUT2D eigenvalue weighted by Gasteiger charge is 2.54. The quantitative estimate of drug-likeness (QED) is 0.153. The zero-order valence-electron chi connectivity index (χ0n) is 26.4. The third kappa shape index (κ3) is 8.44. The van der Waals surface area contributed by atoms with Crippen LogP contribution in [0.2, 0.25) is 0 Å². The van der Waals surface area contributed by atoms with Crippen LogP contribution in [-0.4, -0.2) is 65.0 Å². The minimum Gasteiger partial charge on any atom is -0.504 e. The average molecular weight is 635 g/mol. The molecule has 0 radical (unpaired) electrons. The summed E-state index contributed by atoms with van der Waals surface area (Å²) in [6.45, 7) is 7.81. The normalized spacial score (nSPS) is 13.2. The number of nitrogens with zero attached hydrogens (tertiary/aromatic N) is 2. The smallest absolute Gasteiger partial charge is 0.166 e. The number of phenols is 1. The molecule has 2 N–H and O–H groups in total. The highest BCUT2D eigenvalue weighted by atomic mass is 19.1. The molecule has 1 aliphatic carbocycles. The molecule has 8 nitrogen and oxygen atoms in total. The van der Waals surface area contributed by atoms with Gasteiger partial charge in [0.25, 0.3) is 0 Å². The van der Waals surface area contributed by atoms with Crippen molar-refractivity contribution in [3.05, 3.63) is 89.6 Å². The Morgan fingerprint density at radius 3 is 2.13 bits per heavy atom. The molecule has 0 saturated heterocycles. The van der Waals surface area contributed by atoms with Crippen molar-refractivity contribution in [2.75, 3.05) is 33.4 Å². The molecule has 0 spiro atoms. The number of ketones is 2. The van der Waals surface area contributed by atoms with Crippen LogP contribution in [0.1, 0.15) is 44.2 Å². The number of carbonyl (C=O) groups is 2. The molecule has 0 amide bonds. The minimum atomic E-state index is -1.06. The number of fused-ring (bicyclic) bond motifs is 1. The van der Waals surface area contributed by atoms with E-state index in [1.807, 2.05) is 0 Å². The SMILES string of the molecule is CCN(CC)CCCO.COc1cc2nccc(Oc3ccc(CC(=O)C4(C(=O)Cc5ccc(F)cc5)CC4)cc3F)c2cc1O. The molecular formula is C36H40F2N2O6. The Morgan fingerprint density at radius 2 is 1.54 bits per heavy atom. The molecule has 244 valence electrons. The first-order chi connectivity index (χ1) is 22.1. The van der Waals surface area contributed by atoms with Crippen molar-refractivity contribution in [1.82, 2.24) is 9.88 Å². The van der Waals surface area contributed by atoms with E-state index >= 15 is 0 Å². The van der Waals surface area contributed by atoms with Gasteiger partial charge in [-0.2, -0.15) is 0 Å². The van der Waals surface area contributed by atoms with Crippen LogP contribution in [0.25, 0.3) is 10.9 Å². The van der Waals surface area contributed by atoms with Crippen molar-refractivity contribution in [3.8, 4) is 23.0 Å². The first kappa shape index (κ1) is 34.5. The van der Waals surface area contributed by atoms with E-state index in [0.717, 1.165) is 26.1 Å². The molecular weight excluding hydrogens is 594 g/mol. The predicted octanol–water partition coefficient (Wildman–Crippen LogP) is 6.43. The number of pyridine rings is 1. The second-order valence-electron chi connectivity index (χ2n) is 11.2. The Kier molecular flexibility index (Phi) is 11.8. The predicted molar refractivity (Wildman–Crippen MR) is 171 cm³/mol. The summed E-state index contributed by atoms with van der Waals surface area (Å²) >= 11 is 0. The van der Waals surface area contributed by atoms with E-state index in [4.69, 9.17) is 14.6 Å². The lowest BCUT2D eigenvalue weighted by Crippen LogP contribution is -2.28. The van der Waals surface area contributed by atoms with E-state index in [2.05, 4.69) is 23.7 Å². The molecule has 0 bridgehead atoms. The summed E-state index contributed by atoms with van der Waals surface area (Å²) in [5.74, 6) is -1.14. The number of methoxy groups -OCH3 is 1. The van der Waals surface area contributed by atoms with Gasteiger partial charge in [0.05, 0.1) is 18.0 Å². The number of phenolic OH excluding ortho intramolecular Hbond substituents is 1. The minimum absolute atomic E-state index is 0.0501. The topological polar surface area (TPSA) is 109 Å². The summed E-state index contributed by atoms with van der Waals surface area (Å²) in [5.41, 5.74) is 0.514. The molecule has 1 aliphatic rings. The van der Waals surface area contributed by atoms with Gasteiger partial charge in [-0.15, -0.1) is 0 Å². The van der Waals surface area contributed by atoms with Crippen molar-refractivity contribution in [3.63, 3.8) is 0 Å². The van der Waals surface area contributed by atoms with Gasteiger partial charge in [0.2, 0.25) is 0 Å². The fourth-order valence-electron chi connectivity index (χ4n) is 5.23. The Labute approximate surface area is 267 Å². The van der Waals surface area contributed by atoms with E-state index in [1.54, 1.807) is 18.2 Å². The second kappa shape index (κ2) is 15.7. The van der Waals surface area contributed by atoms with Gasteiger partial charge in [-0.25, -0.2) is 8.78 Å². The van der Waals surface area contributed by atoms with Crippen LogP contribution in [0.15, 0.2) is 66.9 Å². The molecule has 0 unspecified atom stereocenters. The van der Waals surface area contributed by atoms with Gasteiger partial charge < -0.3 is 24.6 Å². The van der Waals surface area contributed by atoms with Gasteiger partial charge in [-0.05, 0) is 79.9 Å². The number of aromatic hydroxyl groups is 1. The average Bonchev–Trinajstić information content (AvgIpc) is 3.87. The van der Waals surface area contributed by atoms with Gasteiger partial charge in [0, 0.05) is 43.6 Å². The number of Topliss-reactive ketones (excluding diaryl/α,β-unsaturated/α-hetero) is 2. The van der Waals surface area contributed by atoms with Gasteiger partial charge in [0.15, 0.2) is 34.6 Å². The lowest BCUT2D eigenvalue weighted by atomic mass is 9.88. The third-order valence-electron chi connectivity index (χ3n) is 8.21. The Hall–Kier alpha value is -4.41. The molecule has 1 saturated carbocycles. The van der Waals surface area contributed by atoms with Crippen molar-refractivity contribution < 1.29 is 38.1 Å². The standard InChI is InChI=1S/C29H23F2NO5.C7H17NO/c1-36-26-16-22-20(15-23(26)33)24(8-11-32-22)37-25-7-4-18(12-21(25)31)14-28(35)29(9-10-29)27(34)13-17-2-5-19(30)6-3-17;1-3-8(4-2)6-5-7-9/h2-8,11-12,15-16,33H,9-10,13-14H2,1H3;9H,3-7H2,1-2H3. The number of halogens is 2. The van der Waals surface area contributed by atoms with E-state index in [9.17, 15) is 23.5 Å². The Morgan fingerprint density at radius 1 is 0.891 bits per heavy atom. The number of ether oxygens (including phenoxy) is 2. The first-order valence-electron chi connectivity index (χ1n) is 15.4. The number of hydrogen-bond donors (Lipinski definition) is 2. The molecule has 10 heteroatoms. The summed E-state index contributed by atoms with van der Waals surface area (Å²) in [7, 11) is 1.43. The number of hydrogen-bond acceptors (Lipinski definition) is 8. The number of carbonyl (C=O) groups excluding carboxylic acids is 2. The number of aliphatic hydroxyl groups is 1. The summed E-state index contributed by atoms with van der Waals surface area (Å²) in [4.78, 5) is 32.4. The van der Waals surface area contributed by atoms with Crippen LogP contribution in [0.4, 0.5) is 8.78 Å². The molecule has 1 fully saturated rings. The van der Waals surface area contributed by atoms with Crippen molar-refractivity contribution in [2.24, 2.45) is 5.41 Å². The van der Waals surface area contributed by atoms with Gasteiger partial charge >= 0.3 is 0 Å². The fourth-order valence-corrected chi connectivity index (χ4v) is 5.23. The maximum Gasteiger partial charge on any atom is 0.166 e. The highest BCUT2D eigenvalue weighted by Crippen LogP contribution is 2.49. The number of aliphatic hydroxyl groups excluding tert-OH is 1. The van der Waals surface area contributed by atoms with E-state index < -0.39 is 17.0 Å². The van der Waals surface area contributed by atoms with Crippen LogP contribution >= 0.6 is 0 Å². The molecule has 4 aromatic rings. The second-order valence-corrected chi connectivity index (χ2v) is 11.2. The summed E-state index contributed by atoms with van der Waals surface area (Å²) in [6, 6.07) is 14.4. The zero-order chi connectivity index (χ0) is 33.3. The van der Waals surface area contributed by atoms with Gasteiger partial charge in [-0.3, -0.25) is 14.6 Å². The van der Waals surface area contributed by atoms with Crippen molar-refractivity contribution in [1.29, 1.82) is 0 Å². The molecule has 0 aliphatic heterocycles. The molecule has 3 aromatic carbocycles. The van der Waals surface area contributed by atoms with Crippen LogP contribution in [0.5, 0.6) is 23.0 Å². The molecule has 0 atom stereocenters. The van der Waals surface area contributed by atoms with Crippen LogP contribution in [0.3, 0.4) is 0 Å². The van der Waals surface area contributed by atoms with Gasteiger partial charge in [0.1, 0.15) is 11.6 Å². The van der Waals surface area contributed by atoms with E-state index in [-0.39, 0.29) is 47.4 Å². The molecule has 5 rings (SSSR count). The van der Waals surface area contributed by atoms with Crippen LogP contribution < -0.4 is 9.47 Å². The summed E-state index contributed by atoms with van der Waals surface area (Å²) < 4.78 is 39.0. The Balaban J connectivity index is 0.000000468. The molecule has 1 heterocycles. The number of benzene rings is 3. The van der Waals surface area contributed by atoms with Crippen LogP contribution in [-0.2, 0) is 22.4 Å². The first-order valence-corrected chi connectivity index (χ1v) is 15.4. The Bertz CT molecular complexity index is 1650. The summed E-state index contributed by atoms with van der Waals surface area (Å²) in [5, 5.41) is 19.1. The van der Waals surface area contributed by atoms with E-state index in [1.165, 1.54) is 55.8 Å². The van der Waals surface area contributed by atoms with Crippen LogP contribution in [0, 0.1) is 17.0 Å². The fraction of sp³-hybridized carbons (Fsp3) is 0.361. The largest absolute Gasteiger partial charge is 0.504 e. The maximum absolute atomic E-state index is 15.0. The lowest BCUT2D eigenvalue weighted by Gasteiger charge is -2.16. The number of rotatable bonds is 14. The number of aromatic nitrogens is 1. The van der Waals surface area contributed by atoms with Crippen molar-refractivity contribution in [2.45, 2.75) is 46.0 Å². The van der Waals surface area contributed by atoms with Crippen molar-refractivity contribution >= 4 is 22.5 Å². The monoisotopic (exact) mass is 634 g/mol. The van der Waals surface area contributed by atoms with E-state index in [0.29, 0.717) is 41.5 Å². The highest BCUT2D eigenvalue weighted by molar-refractivity contribution is 6.11. The lowest BCUT2D eigenvalue weighted by molar-refractivity contribution is -0.133. The van der Waals surface area contributed by atoms with Gasteiger partial charge in [-0.1, -0.05) is 32.0 Å². The zero-order valence-corrected chi connectivity index (χ0v) is 26.4. The molecule has 46 heavy (non-hydrogen) atoms. The summed E-state index contributed by atoms with van der Waals surface area (Å²) in [6.07, 6.45) is 3.29. The maximum atomic E-state index is 15.0. The molecule has 1 aromatic heterocycles. The third-order valence-corrected chi connectivity index (χ3v) is 8.21.